The van der Waals surface area contributed by atoms with Gasteiger partial charge in [-0.25, -0.2) is 8.42 Å². The van der Waals surface area contributed by atoms with Crippen LogP contribution in [-0.4, -0.2) is 53.0 Å². The fourth-order valence-electron chi connectivity index (χ4n) is 2.95. The van der Waals surface area contributed by atoms with Gasteiger partial charge in [0.15, 0.2) is 6.10 Å². The standard InChI is InChI=1S/C20H23ClN2O6S/c1-13(12-28-16-7-5-15(27-2)6-8-16)22-20(24)19-11-23(30(3,25)26)17-10-14(21)4-9-18(17)29-19/h4-10,13,19H,11-12H2,1-3H3,(H,22,24)/t13-,19-/m0/s1. The van der Waals surface area contributed by atoms with Crippen LogP contribution in [0.5, 0.6) is 17.2 Å². The van der Waals surface area contributed by atoms with Gasteiger partial charge in [-0.2, -0.15) is 0 Å². The first-order chi connectivity index (χ1) is 14.2. The molecule has 3 rings (SSSR count). The van der Waals surface area contributed by atoms with E-state index in [2.05, 4.69) is 5.32 Å². The van der Waals surface area contributed by atoms with Gasteiger partial charge in [-0.3, -0.25) is 9.10 Å². The minimum Gasteiger partial charge on any atom is -0.497 e. The number of ether oxygens (including phenoxy) is 3. The van der Waals surface area contributed by atoms with Gasteiger partial charge in [-0.1, -0.05) is 11.6 Å². The summed E-state index contributed by atoms with van der Waals surface area (Å²) in [5.74, 6) is 1.20. The molecule has 0 spiro atoms. The van der Waals surface area contributed by atoms with E-state index in [0.717, 1.165) is 16.3 Å². The van der Waals surface area contributed by atoms with Gasteiger partial charge in [-0.15, -0.1) is 0 Å². The Balaban J connectivity index is 1.63. The van der Waals surface area contributed by atoms with Crippen LogP contribution < -0.4 is 23.8 Å². The number of amides is 1. The first-order valence-corrected chi connectivity index (χ1v) is 11.4. The zero-order chi connectivity index (χ0) is 21.9. The minimum absolute atomic E-state index is 0.149. The number of benzene rings is 2. The van der Waals surface area contributed by atoms with Gasteiger partial charge in [0.1, 0.15) is 23.9 Å². The van der Waals surface area contributed by atoms with Crippen molar-refractivity contribution in [1.29, 1.82) is 0 Å². The monoisotopic (exact) mass is 454 g/mol. The lowest BCUT2D eigenvalue weighted by atomic mass is 10.2. The van der Waals surface area contributed by atoms with E-state index in [-0.39, 0.29) is 24.9 Å². The Kier molecular flexibility index (Phi) is 6.62. The number of carbonyl (C=O) groups excluding carboxylic acids is 1. The molecule has 0 saturated carbocycles. The lowest BCUT2D eigenvalue weighted by Gasteiger charge is -2.34. The second-order valence-electron chi connectivity index (χ2n) is 6.91. The van der Waals surface area contributed by atoms with Crippen LogP contribution in [-0.2, 0) is 14.8 Å². The molecule has 10 heteroatoms. The van der Waals surface area contributed by atoms with Crippen LogP contribution in [0.2, 0.25) is 5.02 Å². The normalized spacial score (nSPS) is 16.8. The second-order valence-corrected chi connectivity index (χ2v) is 9.25. The predicted molar refractivity (Wildman–Crippen MR) is 114 cm³/mol. The fourth-order valence-corrected chi connectivity index (χ4v) is 4.02. The zero-order valence-electron chi connectivity index (χ0n) is 16.8. The number of methoxy groups -OCH3 is 1. The van der Waals surface area contributed by atoms with E-state index < -0.39 is 22.0 Å². The first-order valence-electron chi connectivity index (χ1n) is 9.18. The zero-order valence-corrected chi connectivity index (χ0v) is 18.4. The van der Waals surface area contributed by atoms with Gasteiger partial charge in [0.25, 0.3) is 5.91 Å². The van der Waals surface area contributed by atoms with Crippen LogP contribution in [0.4, 0.5) is 5.69 Å². The van der Waals surface area contributed by atoms with Crippen molar-refractivity contribution in [3.05, 3.63) is 47.5 Å². The molecule has 1 heterocycles. The predicted octanol–water partition coefficient (Wildman–Crippen LogP) is 2.46. The largest absolute Gasteiger partial charge is 0.497 e. The number of fused-ring (bicyclic) bond motifs is 1. The Morgan fingerprint density at radius 1 is 1.27 bits per heavy atom. The molecule has 162 valence electrons. The molecule has 1 N–H and O–H groups in total. The Morgan fingerprint density at radius 2 is 1.93 bits per heavy atom. The minimum atomic E-state index is -3.62. The number of nitrogens with one attached hydrogen (secondary N) is 1. The van der Waals surface area contributed by atoms with Crippen molar-refractivity contribution < 1.29 is 27.4 Å². The molecule has 0 aromatic heterocycles. The number of anilines is 1. The number of sulfonamides is 1. The van der Waals surface area contributed by atoms with Crippen molar-refractivity contribution in [3.63, 3.8) is 0 Å². The quantitative estimate of drug-likeness (QED) is 0.690. The van der Waals surface area contributed by atoms with Gasteiger partial charge < -0.3 is 19.5 Å². The SMILES string of the molecule is COc1ccc(OC[C@H](C)NC(=O)[C@@H]2CN(S(C)(=O)=O)c3cc(Cl)ccc3O2)cc1. The van der Waals surface area contributed by atoms with Crippen molar-refractivity contribution in [1.82, 2.24) is 5.32 Å². The van der Waals surface area contributed by atoms with Gasteiger partial charge in [0.05, 0.1) is 31.6 Å². The first kappa shape index (κ1) is 22.0. The Morgan fingerprint density at radius 3 is 2.57 bits per heavy atom. The van der Waals surface area contributed by atoms with Crippen molar-refractivity contribution in [3.8, 4) is 17.2 Å². The van der Waals surface area contributed by atoms with Gasteiger partial charge >= 0.3 is 0 Å². The highest BCUT2D eigenvalue weighted by Crippen LogP contribution is 2.37. The van der Waals surface area contributed by atoms with Crippen LogP contribution in [0.3, 0.4) is 0 Å². The highest BCUT2D eigenvalue weighted by atomic mass is 35.5. The molecule has 30 heavy (non-hydrogen) atoms. The molecular weight excluding hydrogens is 432 g/mol. The maximum atomic E-state index is 12.7. The number of halogens is 1. The number of hydrogen-bond acceptors (Lipinski definition) is 6. The molecule has 0 unspecified atom stereocenters. The fraction of sp³-hybridized carbons (Fsp3) is 0.350. The molecule has 2 atom stereocenters. The summed E-state index contributed by atoms with van der Waals surface area (Å²) in [6.07, 6.45) is 0.0698. The van der Waals surface area contributed by atoms with Gasteiger partial charge in [-0.05, 0) is 49.4 Å². The molecule has 0 radical (unpaired) electrons. The summed E-state index contributed by atoms with van der Waals surface area (Å²) in [4.78, 5) is 12.7. The molecule has 0 fully saturated rings. The van der Waals surface area contributed by atoms with Crippen molar-refractivity contribution in [2.75, 3.05) is 30.8 Å². The van der Waals surface area contributed by atoms with Crippen molar-refractivity contribution in [2.45, 2.75) is 19.1 Å². The molecule has 1 aliphatic rings. The summed E-state index contributed by atoms with van der Waals surface area (Å²) in [6, 6.07) is 11.4. The van der Waals surface area contributed by atoms with Crippen LogP contribution >= 0.6 is 11.6 Å². The van der Waals surface area contributed by atoms with E-state index in [1.54, 1.807) is 50.4 Å². The van der Waals surface area contributed by atoms with Crippen LogP contribution in [0.25, 0.3) is 0 Å². The Hall–Kier alpha value is -2.65. The molecule has 8 nitrogen and oxygen atoms in total. The second kappa shape index (κ2) is 9.01. The van der Waals surface area contributed by atoms with Gasteiger partial charge in [0.2, 0.25) is 10.0 Å². The van der Waals surface area contributed by atoms with Crippen LogP contribution in [0.1, 0.15) is 6.92 Å². The summed E-state index contributed by atoms with van der Waals surface area (Å²) < 4.78 is 42.1. The van der Waals surface area contributed by atoms with Crippen LogP contribution in [0, 0.1) is 0 Å². The lowest BCUT2D eigenvalue weighted by molar-refractivity contribution is -0.128. The molecular formula is C20H23ClN2O6S. The third-order valence-electron chi connectivity index (χ3n) is 4.43. The number of nitrogens with zero attached hydrogens (tertiary/aromatic N) is 1. The molecule has 0 aliphatic carbocycles. The number of hydrogen-bond donors (Lipinski definition) is 1. The Labute approximate surface area is 180 Å². The third-order valence-corrected chi connectivity index (χ3v) is 5.81. The average Bonchev–Trinajstić information content (AvgIpc) is 2.71. The summed E-state index contributed by atoms with van der Waals surface area (Å²) in [6.45, 7) is 1.86. The molecule has 2 aromatic rings. The van der Waals surface area contributed by atoms with Crippen molar-refractivity contribution in [2.24, 2.45) is 0 Å². The van der Waals surface area contributed by atoms with E-state index >= 15 is 0 Å². The lowest BCUT2D eigenvalue weighted by Crippen LogP contribution is -2.52. The summed E-state index contributed by atoms with van der Waals surface area (Å²) in [5, 5.41) is 3.17. The summed E-state index contributed by atoms with van der Waals surface area (Å²) in [7, 11) is -2.04. The molecule has 0 saturated heterocycles. The van der Waals surface area contributed by atoms with E-state index in [0.29, 0.717) is 16.5 Å². The number of carbonyl (C=O) groups is 1. The maximum absolute atomic E-state index is 12.7. The number of rotatable bonds is 7. The molecule has 1 amide bonds. The molecule has 1 aliphatic heterocycles. The van der Waals surface area contributed by atoms with Crippen molar-refractivity contribution >= 4 is 33.2 Å². The van der Waals surface area contributed by atoms with Gasteiger partial charge in [0, 0.05) is 5.02 Å². The average molecular weight is 455 g/mol. The van der Waals surface area contributed by atoms with Crippen LogP contribution in [0.15, 0.2) is 42.5 Å². The smallest absolute Gasteiger partial charge is 0.263 e. The van der Waals surface area contributed by atoms with E-state index in [1.807, 2.05) is 0 Å². The molecule has 0 bridgehead atoms. The maximum Gasteiger partial charge on any atom is 0.263 e. The summed E-state index contributed by atoms with van der Waals surface area (Å²) >= 11 is 5.98. The topological polar surface area (TPSA) is 94.2 Å². The van der Waals surface area contributed by atoms with E-state index in [9.17, 15) is 13.2 Å². The van der Waals surface area contributed by atoms with E-state index in [4.69, 9.17) is 25.8 Å². The van der Waals surface area contributed by atoms with E-state index in [1.165, 1.54) is 6.07 Å². The third kappa shape index (κ3) is 5.28. The summed E-state index contributed by atoms with van der Waals surface area (Å²) in [5.41, 5.74) is 0.310. The Bertz CT molecular complexity index is 1010. The molecule has 2 aromatic carbocycles. The highest BCUT2D eigenvalue weighted by Gasteiger charge is 2.35. The highest BCUT2D eigenvalue weighted by molar-refractivity contribution is 7.92.